The molecule has 132 valence electrons. The summed E-state index contributed by atoms with van der Waals surface area (Å²) in [6.07, 6.45) is 1.56. The number of anilines is 1. The zero-order valence-electron chi connectivity index (χ0n) is 14.6. The Labute approximate surface area is 142 Å². The van der Waals surface area contributed by atoms with Crippen LogP contribution in [0.1, 0.15) is 26.5 Å². The highest BCUT2D eigenvalue weighted by Crippen LogP contribution is 2.12. The monoisotopic (exact) mass is 334 g/mol. The largest absolute Gasteiger partial charge is 0.444 e. The van der Waals surface area contributed by atoms with E-state index < -0.39 is 5.60 Å². The van der Waals surface area contributed by atoms with Crippen LogP contribution in [0, 0.1) is 0 Å². The lowest BCUT2D eigenvalue weighted by Crippen LogP contribution is -2.51. The summed E-state index contributed by atoms with van der Waals surface area (Å²) in [6, 6.07) is 3.52. The molecule has 1 aromatic heterocycles. The van der Waals surface area contributed by atoms with E-state index >= 15 is 0 Å². The molecule has 0 unspecified atom stereocenters. The molecule has 1 saturated heterocycles. The molecule has 0 aliphatic carbocycles. The van der Waals surface area contributed by atoms with E-state index in [1.807, 2.05) is 20.8 Å². The van der Waals surface area contributed by atoms with Gasteiger partial charge in [0.05, 0.1) is 24.8 Å². The van der Waals surface area contributed by atoms with Crippen molar-refractivity contribution in [1.29, 1.82) is 0 Å². The van der Waals surface area contributed by atoms with Gasteiger partial charge >= 0.3 is 6.09 Å². The van der Waals surface area contributed by atoms with Crippen molar-refractivity contribution >= 4 is 17.6 Å². The zero-order chi connectivity index (χ0) is 17.7. The van der Waals surface area contributed by atoms with Crippen LogP contribution in [0.2, 0.25) is 0 Å². The minimum atomic E-state index is -0.490. The number of nitrogens with zero attached hydrogens (tertiary/aromatic N) is 3. The first-order valence-corrected chi connectivity index (χ1v) is 8.15. The van der Waals surface area contributed by atoms with Crippen molar-refractivity contribution in [3.63, 3.8) is 0 Å². The quantitative estimate of drug-likeness (QED) is 0.893. The highest BCUT2D eigenvalue weighted by Gasteiger charge is 2.26. The number of Topliss-reactive ketones (excluding diaryl/α,β-unsaturated/α-hetero) is 1. The van der Waals surface area contributed by atoms with Gasteiger partial charge in [0.2, 0.25) is 0 Å². The van der Waals surface area contributed by atoms with Gasteiger partial charge in [-0.15, -0.1) is 0 Å². The number of piperazine rings is 1. The van der Waals surface area contributed by atoms with E-state index in [9.17, 15) is 9.59 Å². The number of ketones is 1. The van der Waals surface area contributed by atoms with Gasteiger partial charge in [0.15, 0.2) is 5.78 Å². The Balaban J connectivity index is 1.75. The number of hydrogen-bond acceptors (Lipinski definition) is 6. The van der Waals surface area contributed by atoms with Crippen molar-refractivity contribution < 1.29 is 14.3 Å². The lowest BCUT2D eigenvalue weighted by atomic mass is 10.2. The molecule has 7 heteroatoms. The van der Waals surface area contributed by atoms with E-state index in [1.54, 1.807) is 23.2 Å². The van der Waals surface area contributed by atoms with Gasteiger partial charge in [0.1, 0.15) is 5.60 Å². The maximum Gasteiger partial charge on any atom is 0.410 e. The van der Waals surface area contributed by atoms with Crippen molar-refractivity contribution in [2.75, 3.05) is 38.5 Å². The van der Waals surface area contributed by atoms with Crippen molar-refractivity contribution in [1.82, 2.24) is 14.8 Å². The molecule has 0 saturated carbocycles. The van der Waals surface area contributed by atoms with Gasteiger partial charge in [0, 0.05) is 31.9 Å². The Morgan fingerprint density at radius 3 is 2.42 bits per heavy atom. The molecule has 2 N–H and O–H groups in total. The van der Waals surface area contributed by atoms with Gasteiger partial charge in [-0.3, -0.25) is 14.7 Å². The van der Waals surface area contributed by atoms with E-state index in [0.29, 0.717) is 44.8 Å². The molecule has 2 heterocycles. The van der Waals surface area contributed by atoms with E-state index in [1.165, 1.54) is 0 Å². The number of pyridine rings is 1. The first-order valence-electron chi connectivity index (χ1n) is 8.15. The number of hydrogen-bond donors (Lipinski definition) is 1. The third kappa shape index (κ3) is 5.81. The summed E-state index contributed by atoms with van der Waals surface area (Å²) in [6.45, 7) is 8.40. The second-order valence-corrected chi connectivity index (χ2v) is 7.04. The molecule has 0 bridgehead atoms. The predicted molar refractivity (Wildman–Crippen MR) is 91.6 cm³/mol. The van der Waals surface area contributed by atoms with Crippen molar-refractivity contribution in [2.45, 2.75) is 32.8 Å². The number of aromatic nitrogens is 1. The van der Waals surface area contributed by atoms with Crippen molar-refractivity contribution in [2.24, 2.45) is 0 Å². The van der Waals surface area contributed by atoms with Gasteiger partial charge in [0.25, 0.3) is 0 Å². The van der Waals surface area contributed by atoms with Gasteiger partial charge < -0.3 is 15.4 Å². The summed E-state index contributed by atoms with van der Waals surface area (Å²) in [5.41, 5.74) is 6.41. The number of nitrogen functional groups attached to an aromatic ring is 1. The molecular formula is C17H26N4O3. The van der Waals surface area contributed by atoms with E-state index in [2.05, 4.69) is 9.88 Å². The number of ether oxygens (including phenoxy) is 1. The fourth-order valence-electron chi connectivity index (χ4n) is 2.46. The molecule has 1 fully saturated rings. The molecular weight excluding hydrogens is 308 g/mol. The molecule has 1 amide bonds. The second kappa shape index (κ2) is 7.61. The number of carbonyl (C=O) groups excluding carboxylic acids is 2. The third-order valence-electron chi connectivity index (χ3n) is 3.65. The minimum Gasteiger partial charge on any atom is -0.444 e. The third-order valence-corrected chi connectivity index (χ3v) is 3.65. The molecule has 0 radical (unpaired) electrons. The van der Waals surface area contributed by atoms with Gasteiger partial charge in [-0.2, -0.15) is 0 Å². The average molecular weight is 334 g/mol. The van der Waals surface area contributed by atoms with Crippen LogP contribution in [-0.4, -0.2) is 65.0 Å². The van der Waals surface area contributed by atoms with Gasteiger partial charge in [-0.1, -0.05) is 0 Å². The Morgan fingerprint density at radius 2 is 1.88 bits per heavy atom. The maximum absolute atomic E-state index is 12.2. The topological polar surface area (TPSA) is 88.8 Å². The van der Waals surface area contributed by atoms with Crippen LogP contribution in [0.4, 0.5) is 10.5 Å². The van der Waals surface area contributed by atoms with Crippen molar-refractivity contribution in [3.05, 3.63) is 24.0 Å². The van der Waals surface area contributed by atoms with Crippen LogP contribution < -0.4 is 5.73 Å². The number of amides is 1. The summed E-state index contributed by atoms with van der Waals surface area (Å²) in [5, 5.41) is 0. The summed E-state index contributed by atoms with van der Waals surface area (Å²) >= 11 is 0. The zero-order valence-corrected chi connectivity index (χ0v) is 14.6. The first-order chi connectivity index (χ1) is 11.2. The number of nitrogens with two attached hydrogens (primary N) is 1. The van der Waals surface area contributed by atoms with Crippen LogP contribution in [0.25, 0.3) is 0 Å². The van der Waals surface area contributed by atoms with Crippen LogP contribution >= 0.6 is 0 Å². The smallest absolute Gasteiger partial charge is 0.410 e. The molecule has 1 aromatic rings. The minimum absolute atomic E-state index is 0.109. The molecule has 1 aliphatic heterocycles. The van der Waals surface area contributed by atoms with E-state index in [4.69, 9.17) is 10.5 Å². The Hall–Kier alpha value is -2.15. The molecule has 1 aliphatic rings. The van der Waals surface area contributed by atoms with E-state index in [0.717, 1.165) is 5.69 Å². The highest BCUT2D eigenvalue weighted by atomic mass is 16.6. The molecule has 0 atom stereocenters. The Kier molecular flexibility index (Phi) is 5.77. The van der Waals surface area contributed by atoms with Crippen LogP contribution in [-0.2, 0) is 16.0 Å². The SMILES string of the molecule is CC(C)(C)OC(=O)N1CCN(CC(=O)Cc2ccc(N)cn2)CC1. The molecule has 2 rings (SSSR count). The Bertz CT molecular complexity index is 572. The fraction of sp³-hybridized carbons (Fsp3) is 0.588. The lowest BCUT2D eigenvalue weighted by Gasteiger charge is -2.35. The summed E-state index contributed by atoms with van der Waals surface area (Å²) in [5.74, 6) is 0.109. The average Bonchev–Trinajstić information content (AvgIpc) is 2.48. The summed E-state index contributed by atoms with van der Waals surface area (Å²) in [4.78, 5) is 32.1. The van der Waals surface area contributed by atoms with Crippen LogP contribution in [0.5, 0.6) is 0 Å². The first kappa shape index (κ1) is 18.2. The normalized spacial score (nSPS) is 16.0. The lowest BCUT2D eigenvalue weighted by molar-refractivity contribution is -0.120. The maximum atomic E-state index is 12.2. The van der Waals surface area contributed by atoms with Gasteiger partial charge in [-0.25, -0.2) is 4.79 Å². The number of carbonyl (C=O) groups is 2. The van der Waals surface area contributed by atoms with E-state index in [-0.39, 0.29) is 11.9 Å². The summed E-state index contributed by atoms with van der Waals surface area (Å²) < 4.78 is 5.37. The summed E-state index contributed by atoms with van der Waals surface area (Å²) in [7, 11) is 0. The second-order valence-electron chi connectivity index (χ2n) is 7.04. The van der Waals surface area contributed by atoms with Gasteiger partial charge in [-0.05, 0) is 32.9 Å². The fourth-order valence-corrected chi connectivity index (χ4v) is 2.46. The molecule has 7 nitrogen and oxygen atoms in total. The number of rotatable bonds is 4. The molecule has 0 spiro atoms. The Morgan fingerprint density at radius 1 is 1.21 bits per heavy atom. The van der Waals surface area contributed by atoms with Crippen LogP contribution in [0.15, 0.2) is 18.3 Å². The highest BCUT2D eigenvalue weighted by molar-refractivity contribution is 5.82. The van der Waals surface area contributed by atoms with Crippen LogP contribution in [0.3, 0.4) is 0 Å². The molecule has 0 aromatic carbocycles. The molecule has 24 heavy (non-hydrogen) atoms. The standard InChI is InChI=1S/C17H26N4O3/c1-17(2,3)24-16(23)21-8-6-20(7-9-21)12-15(22)10-14-5-4-13(18)11-19-14/h4-5,11H,6-10,12,18H2,1-3H3. The predicted octanol–water partition coefficient (Wildman–Crippen LogP) is 1.33. The van der Waals surface area contributed by atoms with Crippen molar-refractivity contribution in [3.8, 4) is 0 Å².